The number of hydrogen-bond donors (Lipinski definition) is 1. The molecular formula is C36H40ClF6N9O2. The molecule has 0 amide bonds. The average Bonchev–Trinajstić information content (AvgIpc) is 3.83. The fraction of sp³-hybridized carbons (Fsp3) is 0.528. The monoisotopic (exact) mass is 779 g/mol. The van der Waals surface area contributed by atoms with Crippen LogP contribution in [0.2, 0.25) is 5.02 Å². The lowest BCUT2D eigenvalue weighted by atomic mass is 10.0. The molecule has 3 saturated heterocycles. The van der Waals surface area contributed by atoms with Crippen LogP contribution < -0.4 is 14.7 Å². The number of aliphatic hydroxyl groups excluding tert-OH is 1. The molecular weight excluding hydrogens is 740 g/mol. The van der Waals surface area contributed by atoms with Crippen LogP contribution in [0.5, 0.6) is 0 Å². The number of rotatable bonds is 9. The standard InChI is InChI=1S/C36H40ClF6N9O2/c1-2-27-14-28(21-50(27)32-30(37)18-46-34(48-32)49-8-6-29(53)7-9-49)51(19-22-11-25(35(38,39)40)13-26(12-22)36(41,42)43)33-44-15-23(16-45-33)24-17-47-52(20-24)31-5-3-4-10-54-31/h11-13,15-18,20,27-29,31,53H,2-10,14,19,21H2,1H3/t27-,28+,31?/m1/s1. The summed E-state index contributed by atoms with van der Waals surface area (Å²) in [7, 11) is 0. The molecule has 18 heteroatoms. The number of aromatic nitrogens is 6. The van der Waals surface area contributed by atoms with Gasteiger partial charge in [-0.05, 0) is 68.7 Å². The minimum Gasteiger partial charge on any atom is -0.393 e. The van der Waals surface area contributed by atoms with E-state index < -0.39 is 35.6 Å². The largest absolute Gasteiger partial charge is 0.416 e. The van der Waals surface area contributed by atoms with Gasteiger partial charge in [-0.3, -0.25) is 0 Å². The molecule has 3 aliphatic rings. The molecule has 54 heavy (non-hydrogen) atoms. The summed E-state index contributed by atoms with van der Waals surface area (Å²) >= 11 is 6.69. The first kappa shape index (κ1) is 38.1. The zero-order valence-electron chi connectivity index (χ0n) is 29.4. The van der Waals surface area contributed by atoms with Gasteiger partial charge in [0.15, 0.2) is 5.82 Å². The lowest BCUT2D eigenvalue weighted by Crippen LogP contribution is -2.39. The second-order valence-electron chi connectivity index (χ2n) is 14.0. The van der Waals surface area contributed by atoms with E-state index in [1.54, 1.807) is 28.2 Å². The predicted octanol–water partition coefficient (Wildman–Crippen LogP) is 7.55. The van der Waals surface area contributed by atoms with E-state index in [9.17, 15) is 31.4 Å². The molecule has 7 rings (SSSR count). The maximum absolute atomic E-state index is 13.9. The highest BCUT2D eigenvalue weighted by Gasteiger charge is 2.40. The van der Waals surface area contributed by atoms with Crippen molar-refractivity contribution in [2.24, 2.45) is 0 Å². The van der Waals surface area contributed by atoms with Gasteiger partial charge in [0.2, 0.25) is 11.9 Å². The summed E-state index contributed by atoms with van der Waals surface area (Å²) in [6.07, 6.45) is 2.68. The van der Waals surface area contributed by atoms with Gasteiger partial charge in [0.05, 0.1) is 35.7 Å². The Hall–Kier alpha value is -4.22. The average molecular weight is 780 g/mol. The molecule has 6 heterocycles. The van der Waals surface area contributed by atoms with Crippen molar-refractivity contribution >= 4 is 29.3 Å². The zero-order valence-corrected chi connectivity index (χ0v) is 30.2. The fourth-order valence-corrected chi connectivity index (χ4v) is 7.60. The van der Waals surface area contributed by atoms with Gasteiger partial charge < -0.3 is 24.5 Å². The number of halogens is 7. The van der Waals surface area contributed by atoms with E-state index in [4.69, 9.17) is 21.3 Å². The van der Waals surface area contributed by atoms with Crippen LogP contribution in [0.25, 0.3) is 11.1 Å². The molecule has 1 unspecified atom stereocenters. The van der Waals surface area contributed by atoms with E-state index >= 15 is 0 Å². The van der Waals surface area contributed by atoms with Crippen LogP contribution in [-0.2, 0) is 23.6 Å². The summed E-state index contributed by atoms with van der Waals surface area (Å²) in [5, 5.41) is 14.7. The van der Waals surface area contributed by atoms with Crippen molar-refractivity contribution in [3.8, 4) is 11.1 Å². The third-order valence-corrected chi connectivity index (χ3v) is 10.6. The molecule has 3 aliphatic heterocycles. The van der Waals surface area contributed by atoms with Crippen molar-refractivity contribution in [2.45, 2.75) is 95.2 Å². The number of hydrogen-bond acceptors (Lipinski definition) is 10. The molecule has 0 spiro atoms. The van der Waals surface area contributed by atoms with E-state index in [1.807, 2.05) is 22.9 Å². The molecule has 3 aromatic heterocycles. The second kappa shape index (κ2) is 15.5. The molecule has 290 valence electrons. The van der Waals surface area contributed by atoms with Crippen LogP contribution in [0.15, 0.2) is 49.2 Å². The van der Waals surface area contributed by atoms with Crippen molar-refractivity contribution in [3.63, 3.8) is 0 Å². The number of alkyl halides is 6. The maximum Gasteiger partial charge on any atom is 0.416 e. The summed E-state index contributed by atoms with van der Waals surface area (Å²) in [5.41, 5.74) is -1.63. The molecule has 1 N–H and O–H groups in total. The minimum absolute atomic E-state index is 0.125. The quantitative estimate of drug-likeness (QED) is 0.171. The Labute approximate surface area is 312 Å². The van der Waals surface area contributed by atoms with Crippen molar-refractivity contribution in [3.05, 3.63) is 70.9 Å². The highest BCUT2D eigenvalue weighted by Crippen LogP contribution is 2.39. The van der Waals surface area contributed by atoms with Gasteiger partial charge in [0.25, 0.3) is 0 Å². The van der Waals surface area contributed by atoms with E-state index in [-0.39, 0.29) is 42.9 Å². The van der Waals surface area contributed by atoms with Crippen molar-refractivity contribution in [1.82, 2.24) is 29.7 Å². The van der Waals surface area contributed by atoms with Crippen LogP contribution in [0.3, 0.4) is 0 Å². The molecule has 0 saturated carbocycles. The van der Waals surface area contributed by atoms with Crippen molar-refractivity contribution in [2.75, 3.05) is 40.9 Å². The molecule has 4 aromatic rings. The van der Waals surface area contributed by atoms with Crippen molar-refractivity contribution in [1.29, 1.82) is 0 Å². The molecule has 0 radical (unpaired) electrons. The number of ether oxygens (including phenoxy) is 1. The van der Waals surface area contributed by atoms with Crippen LogP contribution in [-0.4, -0.2) is 79.3 Å². The Kier molecular flexibility index (Phi) is 10.9. The summed E-state index contributed by atoms with van der Waals surface area (Å²) in [5.74, 6) is 1.06. The summed E-state index contributed by atoms with van der Waals surface area (Å²) in [4.78, 5) is 24.1. The number of piperidine rings is 1. The lowest BCUT2D eigenvalue weighted by molar-refractivity contribution is -0.143. The Bertz CT molecular complexity index is 1860. The number of benzene rings is 1. The first-order chi connectivity index (χ1) is 25.8. The molecule has 0 bridgehead atoms. The Balaban J connectivity index is 1.22. The molecule has 3 atom stereocenters. The fourth-order valence-electron chi connectivity index (χ4n) is 7.40. The maximum atomic E-state index is 13.9. The third-order valence-electron chi connectivity index (χ3n) is 10.3. The topological polar surface area (TPSA) is 109 Å². The van der Waals surface area contributed by atoms with Crippen LogP contribution in [0.4, 0.5) is 44.1 Å². The summed E-state index contributed by atoms with van der Waals surface area (Å²) < 4.78 is 91.1. The number of anilines is 3. The molecule has 11 nitrogen and oxygen atoms in total. The van der Waals surface area contributed by atoms with E-state index in [0.29, 0.717) is 67.7 Å². The second-order valence-corrected chi connectivity index (χ2v) is 14.4. The third kappa shape index (κ3) is 8.37. The molecule has 3 fully saturated rings. The van der Waals surface area contributed by atoms with E-state index in [1.165, 1.54) is 6.20 Å². The van der Waals surface area contributed by atoms with Gasteiger partial charge in [-0.1, -0.05) is 18.5 Å². The Morgan fingerprint density at radius 1 is 0.907 bits per heavy atom. The highest BCUT2D eigenvalue weighted by atomic mass is 35.5. The van der Waals surface area contributed by atoms with Crippen LogP contribution in [0, 0.1) is 0 Å². The zero-order chi connectivity index (χ0) is 38.2. The smallest absolute Gasteiger partial charge is 0.393 e. The normalized spacial score (nSPS) is 21.5. The number of nitrogens with zero attached hydrogens (tertiary/aromatic N) is 9. The first-order valence-electron chi connectivity index (χ1n) is 18.0. The highest BCUT2D eigenvalue weighted by molar-refractivity contribution is 6.32. The minimum atomic E-state index is -5.00. The van der Waals surface area contributed by atoms with Gasteiger partial charge in [0, 0.05) is 68.5 Å². The van der Waals surface area contributed by atoms with Crippen molar-refractivity contribution < 1.29 is 36.2 Å². The number of aliphatic hydroxyl groups is 1. The molecule has 0 aliphatic carbocycles. The summed E-state index contributed by atoms with van der Waals surface area (Å²) in [6, 6.07) is 1.01. The first-order valence-corrected chi connectivity index (χ1v) is 18.4. The summed E-state index contributed by atoms with van der Waals surface area (Å²) in [6.45, 7) is 3.70. The predicted molar refractivity (Wildman–Crippen MR) is 189 cm³/mol. The SMILES string of the molecule is CC[C@@H]1C[C@H](N(Cc2cc(C(F)(F)F)cc(C(F)(F)F)c2)c2ncc(-c3cnn(C4CCCCO4)c3)cn2)CN1c1nc(N2CCC(O)CC2)ncc1Cl. The van der Waals surface area contributed by atoms with Gasteiger partial charge >= 0.3 is 12.4 Å². The lowest BCUT2D eigenvalue weighted by Gasteiger charge is -2.32. The van der Waals surface area contributed by atoms with E-state index in [2.05, 4.69) is 20.1 Å². The van der Waals surface area contributed by atoms with Crippen LogP contribution in [0.1, 0.15) is 74.8 Å². The Morgan fingerprint density at radius 2 is 1.61 bits per heavy atom. The van der Waals surface area contributed by atoms with Gasteiger partial charge in [-0.15, -0.1) is 0 Å². The van der Waals surface area contributed by atoms with Gasteiger partial charge in [-0.2, -0.15) is 36.4 Å². The van der Waals surface area contributed by atoms with E-state index in [0.717, 1.165) is 37.0 Å². The Morgan fingerprint density at radius 3 is 2.24 bits per heavy atom. The van der Waals surface area contributed by atoms with Crippen LogP contribution >= 0.6 is 11.6 Å². The van der Waals surface area contributed by atoms with Gasteiger partial charge in [-0.25, -0.2) is 19.6 Å². The van der Waals surface area contributed by atoms with Gasteiger partial charge in [0.1, 0.15) is 11.3 Å². The molecule has 1 aromatic carbocycles.